The number of rotatable bonds is 5. The fourth-order valence-corrected chi connectivity index (χ4v) is 3.45. The molecule has 1 atom stereocenters. The molecule has 0 radical (unpaired) electrons. The number of Topliss-reactive ketones (excluding diaryl/α,β-unsaturated/α-hetero) is 1. The molecule has 1 N–H and O–H groups in total. The van der Waals surface area contributed by atoms with E-state index in [0.717, 1.165) is 11.6 Å². The minimum Gasteiger partial charge on any atom is -0.393 e. The molecule has 0 saturated carbocycles. The van der Waals surface area contributed by atoms with Gasteiger partial charge in [-0.3, -0.25) is 4.79 Å². The Kier molecular flexibility index (Phi) is 5.38. The number of nitrogens with zero attached hydrogens (tertiary/aromatic N) is 1. The first-order valence-electron chi connectivity index (χ1n) is 6.19. The number of benzene rings is 1. The Bertz CT molecular complexity index is 546. The number of carbonyl (C=O) groups is 1. The minimum absolute atomic E-state index is 0.0503. The molecule has 0 saturated heterocycles. The molecular weight excluding hydrogens is 317 g/mol. The first kappa shape index (κ1) is 15.7. The molecule has 0 amide bonds. The van der Waals surface area contributed by atoms with Gasteiger partial charge in [0.15, 0.2) is 5.78 Å². The topological polar surface area (TPSA) is 40.5 Å². The minimum atomic E-state index is -0.420. The van der Waals surface area contributed by atoms with Crippen molar-refractivity contribution in [2.45, 2.75) is 19.4 Å². The van der Waals surface area contributed by atoms with Crippen LogP contribution < -0.4 is 0 Å². The lowest BCUT2D eigenvalue weighted by atomic mass is 10.1. The summed E-state index contributed by atoms with van der Waals surface area (Å²) in [4.78, 5) is 14.3. The summed E-state index contributed by atoms with van der Waals surface area (Å²) in [5.74, 6) is 0.671. The molecule has 0 fully saturated rings. The first-order chi connectivity index (χ1) is 9.47. The van der Waals surface area contributed by atoms with Gasteiger partial charge in [0.1, 0.15) is 0 Å². The number of aliphatic hydroxyl groups is 1. The van der Waals surface area contributed by atoms with Gasteiger partial charge in [-0.1, -0.05) is 23.2 Å². The van der Waals surface area contributed by atoms with Gasteiger partial charge in [0.2, 0.25) is 0 Å². The van der Waals surface area contributed by atoms with Crippen molar-refractivity contribution in [2.24, 2.45) is 0 Å². The van der Waals surface area contributed by atoms with Crippen molar-refractivity contribution >= 4 is 40.7 Å². The van der Waals surface area contributed by atoms with Crippen LogP contribution in [0, 0.1) is 0 Å². The van der Waals surface area contributed by atoms with Gasteiger partial charge >= 0.3 is 0 Å². The Hall–Kier alpha value is -0.680. The third kappa shape index (κ3) is 3.92. The van der Waals surface area contributed by atoms with E-state index in [4.69, 9.17) is 23.2 Å². The van der Waals surface area contributed by atoms with Crippen LogP contribution in [0.3, 0.4) is 0 Å². The van der Waals surface area contributed by atoms with Crippen LogP contribution in [0.2, 0.25) is 10.0 Å². The van der Waals surface area contributed by atoms with Crippen molar-refractivity contribution in [1.29, 1.82) is 0 Å². The highest BCUT2D eigenvalue weighted by Crippen LogP contribution is 2.28. The molecular formula is C14H15Cl2NO2S. The van der Waals surface area contributed by atoms with E-state index in [9.17, 15) is 9.90 Å². The number of carbonyl (C=O) groups excluding carboxylic acids is 1. The summed E-state index contributed by atoms with van der Waals surface area (Å²) in [5, 5.41) is 12.3. The van der Waals surface area contributed by atoms with Crippen molar-refractivity contribution in [3.63, 3.8) is 0 Å². The number of hydrogen-bond donors (Lipinski definition) is 1. The zero-order chi connectivity index (χ0) is 14.7. The van der Waals surface area contributed by atoms with E-state index in [1.165, 1.54) is 0 Å². The number of thioether (sulfide) groups is 1. The van der Waals surface area contributed by atoms with Crippen LogP contribution in [0.25, 0.3) is 0 Å². The SMILES string of the molecule is CC(O)CC1=CSCN1CC(=O)c1ccc(Cl)cc1Cl. The van der Waals surface area contributed by atoms with Gasteiger partial charge in [0.05, 0.1) is 23.5 Å². The van der Waals surface area contributed by atoms with E-state index >= 15 is 0 Å². The van der Waals surface area contributed by atoms with Crippen LogP contribution in [0.4, 0.5) is 0 Å². The maximum Gasteiger partial charge on any atom is 0.183 e. The second-order valence-corrected chi connectivity index (χ2v) is 6.37. The Morgan fingerprint density at radius 3 is 2.90 bits per heavy atom. The Balaban J connectivity index is 2.06. The first-order valence-corrected chi connectivity index (χ1v) is 7.99. The van der Waals surface area contributed by atoms with Gasteiger partial charge in [-0.05, 0) is 30.5 Å². The third-order valence-electron chi connectivity index (χ3n) is 2.93. The van der Waals surface area contributed by atoms with Crippen molar-refractivity contribution in [2.75, 3.05) is 12.4 Å². The van der Waals surface area contributed by atoms with Crippen LogP contribution in [0.5, 0.6) is 0 Å². The molecule has 0 aromatic heterocycles. The molecule has 20 heavy (non-hydrogen) atoms. The molecule has 1 aliphatic rings. The normalized spacial score (nSPS) is 16.2. The molecule has 0 bridgehead atoms. The molecule has 108 valence electrons. The molecule has 1 aromatic carbocycles. The fraction of sp³-hybridized carbons (Fsp3) is 0.357. The van der Waals surface area contributed by atoms with E-state index in [2.05, 4.69) is 0 Å². The van der Waals surface area contributed by atoms with Crippen LogP contribution in [0.15, 0.2) is 29.3 Å². The zero-order valence-corrected chi connectivity index (χ0v) is 13.3. The maximum absolute atomic E-state index is 12.3. The monoisotopic (exact) mass is 331 g/mol. The molecule has 1 aliphatic heterocycles. The number of aliphatic hydroxyl groups excluding tert-OH is 1. The van der Waals surface area contributed by atoms with Gasteiger partial charge in [-0.25, -0.2) is 0 Å². The standard InChI is InChI=1S/C14H15Cl2NO2S/c1-9(18)4-11-7-20-8-17(11)6-14(19)12-3-2-10(15)5-13(12)16/h2-3,5,7,9,18H,4,6,8H2,1H3. The highest BCUT2D eigenvalue weighted by atomic mass is 35.5. The highest BCUT2D eigenvalue weighted by molar-refractivity contribution is 8.02. The molecule has 1 unspecified atom stereocenters. The average Bonchev–Trinajstić information content (AvgIpc) is 2.75. The predicted molar refractivity (Wildman–Crippen MR) is 84.3 cm³/mol. The van der Waals surface area contributed by atoms with Gasteiger partial charge in [0.25, 0.3) is 0 Å². The van der Waals surface area contributed by atoms with Crippen molar-refractivity contribution in [3.05, 3.63) is 44.9 Å². The van der Waals surface area contributed by atoms with Gasteiger partial charge in [-0.2, -0.15) is 0 Å². The number of ketones is 1. The number of hydrogen-bond acceptors (Lipinski definition) is 4. The maximum atomic E-state index is 12.3. The summed E-state index contributed by atoms with van der Waals surface area (Å²) in [6, 6.07) is 4.88. The largest absolute Gasteiger partial charge is 0.393 e. The summed E-state index contributed by atoms with van der Waals surface area (Å²) in [6.45, 7) is 1.99. The Morgan fingerprint density at radius 2 is 2.25 bits per heavy atom. The lowest BCUT2D eigenvalue weighted by molar-refractivity contribution is 0.0951. The van der Waals surface area contributed by atoms with Crippen LogP contribution >= 0.6 is 35.0 Å². The lowest BCUT2D eigenvalue weighted by Crippen LogP contribution is -2.28. The van der Waals surface area contributed by atoms with Crippen molar-refractivity contribution in [1.82, 2.24) is 4.90 Å². The van der Waals surface area contributed by atoms with Crippen LogP contribution in [-0.4, -0.2) is 34.3 Å². The zero-order valence-electron chi connectivity index (χ0n) is 11.0. The summed E-state index contributed by atoms with van der Waals surface area (Å²) >= 11 is 13.5. The fourth-order valence-electron chi connectivity index (χ4n) is 1.98. The van der Waals surface area contributed by atoms with Gasteiger partial charge in [-0.15, -0.1) is 11.8 Å². The van der Waals surface area contributed by atoms with Gasteiger partial charge in [0, 0.05) is 22.7 Å². The van der Waals surface area contributed by atoms with E-state index in [0.29, 0.717) is 22.0 Å². The number of halogens is 2. The Morgan fingerprint density at radius 1 is 1.50 bits per heavy atom. The van der Waals surface area contributed by atoms with E-state index in [1.807, 2.05) is 10.3 Å². The average molecular weight is 332 g/mol. The van der Waals surface area contributed by atoms with E-state index in [1.54, 1.807) is 36.9 Å². The van der Waals surface area contributed by atoms with Gasteiger partial charge < -0.3 is 10.0 Å². The molecule has 0 aliphatic carbocycles. The van der Waals surface area contributed by atoms with Crippen molar-refractivity contribution in [3.8, 4) is 0 Å². The summed E-state index contributed by atoms with van der Waals surface area (Å²) in [5.41, 5.74) is 1.47. The predicted octanol–water partition coefficient (Wildman–Crippen LogP) is 3.79. The summed E-state index contributed by atoms with van der Waals surface area (Å²) in [7, 11) is 0. The molecule has 2 rings (SSSR count). The third-order valence-corrected chi connectivity index (χ3v) is 4.37. The van der Waals surface area contributed by atoms with E-state index < -0.39 is 6.10 Å². The quantitative estimate of drug-likeness (QED) is 0.833. The summed E-state index contributed by atoms with van der Waals surface area (Å²) in [6.07, 6.45) is 0.130. The smallest absolute Gasteiger partial charge is 0.183 e. The second-order valence-electron chi connectivity index (χ2n) is 4.70. The second kappa shape index (κ2) is 6.85. The Labute approximate surface area is 132 Å². The van der Waals surface area contributed by atoms with Crippen molar-refractivity contribution < 1.29 is 9.90 Å². The molecule has 0 spiro atoms. The van der Waals surface area contributed by atoms with E-state index in [-0.39, 0.29) is 12.3 Å². The molecule has 1 heterocycles. The lowest BCUT2D eigenvalue weighted by Gasteiger charge is -2.22. The highest BCUT2D eigenvalue weighted by Gasteiger charge is 2.21. The molecule has 3 nitrogen and oxygen atoms in total. The molecule has 1 aromatic rings. The van der Waals surface area contributed by atoms with Crippen LogP contribution in [0.1, 0.15) is 23.7 Å². The summed E-state index contributed by atoms with van der Waals surface area (Å²) < 4.78 is 0. The van der Waals surface area contributed by atoms with Crippen LogP contribution in [-0.2, 0) is 0 Å². The molecule has 6 heteroatoms.